The average molecular weight is 324 g/mol. The highest BCUT2D eigenvalue weighted by atomic mass is 19.1. The van der Waals surface area contributed by atoms with Crippen LogP contribution in [0.25, 0.3) is 0 Å². The van der Waals surface area contributed by atoms with E-state index in [-0.39, 0.29) is 24.9 Å². The second-order valence-corrected chi connectivity index (χ2v) is 6.08. The molecule has 2 atom stereocenters. The van der Waals surface area contributed by atoms with Crippen molar-refractivity contribution in [1.82, 2.24) is 10.2 Å². The van der Waals surface area contributed by atoms with Gasteiger partial charge in [0.25, 0.3) is 0 Å². The Morgan fingerprint density at radius 2 is 2.17 bits per heavy atom. The quantitative estimate of drug-likeness (QED) is 0.869. The number of hydrogen-bond donors (Lipinski definition) is 2. The maximum atomic E-state index is 13.5. The normalized spacial score (nSPS) is 21.8. The molecule has 2 amide bonds. The second kappa shape index (κ2) is 6.85. The number of carboxylic acids is 1. The fourth-order valence-electron chi connectivity index (χ4n) is 2.45. The van der Waals surface area contributed by atoms with Gasteiger partial charge in [0, 0.05) is 13.1 Å². The van der Waals surface area contributed by atoms with E-state index < -0.39 is 23.3 Å². The molecule has 0 spiro atoms. The van der Waals surface area contributed by atoms with E-state index in [1.165, 1.54) is 17.0 Å². The fraction of sp³-hybridized carbons (Fsp3) is 0.500. The highest BCUT2D eigenvalue weighted by Gasteiger charge is 2.42. The number of nitrogens with one attached hydrogen (secondary N) is 1. The molecule has 1 aromatic carbocycles. The Labute approximate surface area is 134 Å². The Hall–Kier alpha value is -2.31. The van der Waals surface area contributed by atoms with Crippen molar-refractivity contribution >= 4 is 12.0 Å². The molecule has 1 heterocycles. The molecule has 2 N–H and O–H groups in total. The van der Waals surface area contributed by atoms with Crippen molar-refractivity contribution in [2.24, 2.45) is 5.41 Å². The van der Waals surface area contributed by atoms with Gasteiger partial charge in [0.2, 0.25) is 0 Å². The van der Waals surface area contributed by atoms with Crippen LogP contribution >= 0.6 is 0 Å². The van der Waals surface area contributed by atoms with Crippen molar-refractivity contribution in [3.63, 3.8) is 0 Å². The molecule has 2 unspecified atom stereocenters. The van der Waals surface area contributed by atoms with Crippen molar-refractivity contribution < 1.29 is 23.8 Å². The van der Waals surface area contributed by atoms with Crippen LogP contribution in [0.1, 0.15) is 20.3 Å². The van der Waals surface area contributed by atoms with Crippen LogP contribution in [0.5, 0.6) is 5.75 Å². The van der Waals surface area contributed by atoms with Gasteiger partial charge in [-0.15, -0.1) is 0 Å². The molecule has 1 fully saturated rings. The summed E-state index contributed by atoms with van der Waals surface area (Å²) in [7, 11) is 0. The van der Waals surface area contributed by atoms with Crippen LogP contribution in [0.3, 0.4) is 0 Å². The maximum absolute atomic E-state index is 13.5. The lowest BCUT2D eigenvalue weighted by molar-refractivity contribution is -0.147. The lowest BCUT2D eigenvalue weighted by atomic mass is 9.90. The molecule has 1 aromatic rings. The number of carbonyl (C=O) groups excluding carboxylic acids is 1. The molecule has 23 heavy (non-hydrogen) atoms. The van der Waals surface area contributed by atoms with Gasteiger partial charge < -0.3 is 20.1 Å². The zero-order valence-electron chi connectivity index (χ0n) is 13.2. The summed E-state index contributed by atoms with van der Waals surface area (Å²) in [4.78, 5) is 24.7. The molecule has 0 saturated carbocycles. The first-order valence-electron chi connectivity index (χ1n) is 7.49. The number of rotatable bonds is 5. The van der Waals surface area contributed by atoms with Gasteiger partial charge in [-0.2, -0.15) is 0 Å². The molecule has 0 radical (unpaired) electrons. The lowest BCUT2D eigenvalue weighted by Gasteiger charge is -2.22. The largest absolute Gasteiger partial charge is 0.486 e. The molecule has 0 bridgehead atoms. The van der Waals surface area contributed by atoms with Crippen molar-refractivity contribution in [2.45, 2.75) is 26.4 Å². The van der Waals surface area contributed by atoms with Gasteiger partial charge >= 0.3 is 12.0 Å². The van der Waals surface area contributed by atoms with Crippen molar-refractivity contribution in [3.8, 4) is 5.75 Å². The second-order valence-electron chi connectivity index (χ2n) is 6.08. The number of urea groups is 1. The highest BCUT2D eigenvalue weighted by Crippen LogP contribution is 2.29. The number of ether oxygens (including phenoxy) is 1. The van der Waals surface area contributed by atoms with E-state index in [1.54, 1.807) is 26.0 Å². The zero-order chi connectivity index (χ0) is 17.0. The van der Waals surface area contributed by atoms with Gasteiger partial charge in [-0.25, -0.2) is 9.18 Å². The number of hydrogen-bond acceptors (Lipinski definition) is 3. The Morgan fingerprint density at radius 3 is 2.78 bits per heavy atom. The first-order valence-corrected chi connectivity index (χ1v) is 7.49. The van der Waals surface area contributed by atoms with E-state index in [2.05, 4.69) is 5.32 Å². The summed E-state index contributed by atoms with van der Waals surface area (Å²) in [6, 6.07) is 5.73. The van der Waals surface area contributed by atoms with Gasteiger partial charge in [-0.1, -0.05) is 12.1 Å². The third-order valence-electron chi connectivity index (χ3n) is 3.98. The predicted octanol–water partition coefficient (Wildman–Crippen LogP) is 2.10. The standard InChI is InChI=1S/C16H21FN2O4/c1-11(23-13-6-4-3-5-12(13)17)9-18-15(22)19-8-7-16(2,10-19)14(20)21/h3-6,11H,7-10H2,1-2H3,(H,18,22)(H,20,21). The lowest BCUT2D eigenvalue weighted by Crippen LogP contribution is -2.43. The van der Waals surface area contributed by atoms with Crippen LogP contribution in [0.15, 0.2) is 24.3 Å². The Morgan fingerprint density at radius 1 is 1.48 bits per heavy atom. The van der Waals surface area contributed by atoms with Gasteiger partial charge in [-0.3, -0.25) is 4.79 Å². The van der Waals surface area contributed by atoms with E-state index in [0.717, 1.165) is 0 Å². The van der Waals surface area contributed by atoms with E-state index >= 15 is 0 Å². The smallest absolute Gasteiger partial charge is 0.317 e. The molecule has 7 heteroatoms. The van der Waals surface area contributed by atoms with Gasteiger partial charge in [-0.05, 0) is 32.4 Å². The third-order valence-corrected chi connectivity index (χ3v) is 3.98. The zero-order valence-corrected chi connectivity index (χ0v) is 13.2. The summed E-state index contributed by atoms with van der Waals surface area (Å²) in [5, 5.41) is 11.9. The molecule has 0 aromatic heterocycles. The maximum Gasteiger partial charge on any atom is 0.317 e. The number of likely N-dealkylation sites (tertiary alicyclic amines) is 1. The summed E-state index contributed by atoms with van der Waals surface area (Å²) >= 11 is 0. The van der Waals surface area contributed by atoms with Gasteiger partial charge in [0.15, 0.2) is 11.6 Å². The average Bonchev–Trinajstić information content (AvgIpc) is 2.91. The molecule has 0 aliphatic carbocycles. The first kappa shape index (κ1) is 17.1. The molecular formula is C16H21FN2O4. The number of para-hydroxylation sites is 1. The van der Waals surface area contributed by atoms with Crippen molar-refractivity contribution in [1.29, 1.82) is 0 Å². The summed E-state index contributed by atoms with van der Waals surface area (Å²) in [5.41, 5.74) is -0.896. The van der Waals surface area contributed by atoms with Crippen molar-refractivity contribution in [2.75, 3.05) is 19.6 Å². The Balaban J connectivity index is 1.81. The van der Waals surface area contributed by atoms with Crippen LogP contribution in [-0.2, 0) is 4.79 Å². The minimum Gasteiger partial charge on any atom is -0.486 e. The topological polar surface area (TPSA) is 78.9 Å². The van der Waals surface area contributed by atoms with Gasteiger partial charge in [0.1, 0.15) is 6.10 Å². The van der Waals surface area contributed by atoms with Crippen LogP contribution < -0.4 is 10.1 Å². The van der Waals surface area contributed by atoms with E-state index in [1.807, 2.05) is 0 Å². The molecule has 126 valence electrons. The molecule has 1 aliphatic rings. The molecule has 1 aliphatic heterocycles. The number of amides is 2. The van der Waals surface area contributed by atoms with E-state index in [4.69, 9.17) is 9.84 Å². The Kier molecular flexibility index (Phi) is 5.08. The summed E-state index contributed by atoms with van der Waals surface area (Å²) in [6.45, 7) is 4.13. The summed E-state index contributed by atoms with van der Waals surface area (Å²) < 4.78 is 18.9. The minimum absolute atomic E-state index is 0.133. The van der Waals surface area contributed by atoms with Crippen LogP contribution in [-0.4, -0.2) is 47.7 Å². The van der Waals surface area contributed by atoms with Crippen LogP contribution in [0.2, 0.25) is 0 Å². The number of carbonyl (C=O) groups is 2. The predicted molar refractivity (Wildman–Crippen MR) is 81.8 cm³/mol. The fourth-order valence-corrected chi connectivity index (χ4v) is 2.45. The van der Waals surface area contributed by atoms with Gasteiger partial charge in [0.05, 0.1) is 12.0 Å². The Bertz CT molecular complexity index is 595. The molecule has 1 saturated heterocycles. The number of aliphatic carboxylic acids is 1. The van der Waals surface area contributed by atoms with Crippen LogP contribution in [0.4, 0.5) is 9.18 Å². The van der Waals surface area contributed by atoms with Crippen molar-refractivity contribution in [3.05, 3.63) is 30.1 Å². The number of halogens is 1. The first-order chi connectivity index (χ1) is 10.8. The number of carboxylic acid groups (broad SMARTS) is 1. The molecular weight excluding hydrogens is 303 g/mol. The summed E-state index contributed by atoms with van der Waals surface area (Å²) in [5.74, 6) is -1.22. The molecule has 2 rings (SSSR count). The minimum atomic E-state index is -0.899. The number of nitrogens with zero attached hydrogens (tertiary/aromatic N) is 1. The summed E-state index contributed by atoms with van der Waals surface area (Å²) in [6.07, 6.45) is 0.0149. The highest BCUT2D eigenvalue weighted by molar-refractivity contribution is 5.79. The van der Waals surface area contributed by atoms with E-state index in [9.17, 15) is 14.0 Å². The van der Waals surface area contributed by atoms with E-state index in [0.29, 0.717) is 13.0 Å². The molecule has 6 nitrogen and oxygen atoms in total. The van der Waals surface area contributed by atoms with Crippen LogP contribution in [0, 0.1) is 11.2 Å². The third kappa shape index (κ3) is 4.12. The monoisotopic (exact) mass is 324 g/mol. The SMILES string of the molecule is CC(CNC(=O)N1CCC(C)(C(=O)O)C1)Oc1ccccc1F. The number of benzene rings is 1.